The van der Waals surface area contributed by atoms with Gasteiger partial charge in [0.25, 0.3) is 11.8 Å². The summed E-state index contributed by atoms with van der Waals surface area (Å²) < 4.78 is 0.316. The van der Waals surface area contributed by atoms with E-state index in [1.165, 1.54) is 11.8 Å². The van der Waals surface area contributed by atoms with Crippen LogP contribution in [0.25, 0.3) is 6.08 Å². The predicted octanol–water partition coefficient (Wildman–Crippen LogP) is 3.29. The van der Waals surface area contributed by atoms with E-state index in [0.29, 0.717) is 14.8 Å². The van der Waals surface area contributed by atoms with Crippen molar-refractivity contribution in [2.45, 2.75) is 0 Å². The van der Waals surface area contributed by atoms with E-state index in [2.05, 4.69) is 5.43 Å². The highest BCUT2D eigenvalue weighted by Crippen LogP contribution is 2.31. The maximum atomic E-state index is 12.3. The molecule has 2 heterocycles. The topological polar surface area (TPSA) is 49.4 Å². The monoisotopic (exact) mass is 346 g/mol. The highest BCUT2D eigenvalue weighted by Gasteiger charge is 2.33. The molecule has 0 spiro atoms. The average molecular weight is 346 g/mol. The van der Waals surface area contributed by atoms with Gasteiger partial charge in [0.05, 0.1) is 4.91 Å². The molecule has 3 rings (SSSR count). The zero-order valence-electron chi connectivity index (χ0n) is 11.2. The van der Waals surface area contributed by atoms with E-state index in [1.54, 1.807) is 41.7 Å². The first-order chi connectivity index (χ1) is 10.6. The normalized spacial score (nSPS) is 16.4. The van der Waals surface area contributed by atoms with Gasteiger partial charge < -0.3 is 0 Å². The molecule has 0 radical (unpaired) electrons. The Hall–Kier alpha value is -1.96. The third kappa shape index (κ3) is 3.11. The number of carbonyl (C=O) groups is 2. The fourth-order valence-corrected chi connectivity index (χ4v) is 3.63. The lowest BCUT2D eigenvalue weighted by Gasteiger charge is -2.15. The minimum absolute atomic E-state index is 0.314. The molecule has 110 valence electrons. The number of thioether (sulfide) groups is 1. The minimum atomic E-state index is -0.367. The lowest BCUT2D eigenvalue weighted by molar-refractivity contribution is -0.123. The molecule has 0 aliphatic carbocycles. The van der Waals surface area contributed by atoms with Crippen LogP contribution in [-0.4, -0.2) is 21.1 Å². The second-order valence-corrected chi connectivity index (χ2v) is 6.84. The number of thiocarbonyl (C=S) groups is 1. The molecule has 0 bridgehead atoms. The van der Waals surface area contributed by atoms with Crippen molar-refractivity contribution in [2.24, 2.45) is 0 Å². The van der Waals surface area contributed by atoms with E-state index in [1.807, 2.05) is 22.9 Å². The fraction of sp³-hybridized carbons (Fsp3) is 0. The van der Waals surface area contributed by atoms with Gasteiger partial charge >= 0.3 is 0 Å². The molecule has 1 saturated heterocycles. The Labute approximate surface area is 140 Å². The second kappa shape index (κ2) is 6.43. The van der Waals surface area contributed by atoms with Crippen molar-refractivity contribution in [2.75, 3.05) is 0 Å². The molecule has 1 aliphatic heterocycles. The number of hydrogen-bond acceptors (Lipinski definition) is 5. The van der Waals surface area contributed by atoms with Gasteiger partial charge in [0, 0.05) is 5.56 Å². The van der Waals surface area contributed by atoms with Crippen LogP contribution in [-0.2, 0) is 4.79 Å². The van der Waals surface area contributed by atoms with E-state index < -0.39 is 0 Å². The third-order valence-electron chi connectivity index (χ3n) is 2.88. The van der Waals surface area contributed by atoms with Gasteiger partial charge in [-0.25, -0.2) is 0 Å². The van der Waals surface area contributed by atoms with Crippen LogP contribution in [0.3, 0.4) is 0 Å². The summed E-state index contributed by atoms with van der Waals surface area (Å²) in [4.78, 5) is 25.0. The van der Waals surface area contributed by atoms with Crippen molar-refractivity contribution in [3.05, 3.63) is 63.2 Å². The largest absolute Gasteiger partial charge is 0.285 e. The Bertz CT molecular complexity index is 754. The molecule has 1 N–H and O–H groups in total. The van der Waals surface area contributed by atoms with Crippen LogP contribution in [0.1, 0.15) is 15.9 Å². The Balaban J connectivity index is 1.76. The van der Waals surface area contributed by atoms with Crippen LogP contribution in [0.4, 0.5) is 0 Å². The molecular weight excluding hydrogens is 336 g/mol. The molecule has 2 amide bonds. The molecule has 0 unspecified atom stereocenters. The quantitative estimate of drug-likeness (QED) is 0.684. The molecule has 1 aromatic heterocycles. The first-order valence-electron chi connectivity index (χ1n) is 6.31. The molecule has 2 aromatic rings. The Morgan fingerprint density at radius 2 is 2.00 bits per heavy atom. The second-order valence-electron chi connectivity index (χ2n) is 4.38. The van der Waals surface area contributed by atoms with Gasteiger partial charge in [-0.05, 0) is 52.8 Å². The number of hydrazine groups is 1. The van der Waals surface area contributed by atoms with Gasteiger partial charge in [-0.1, -0.05) is 30.0 Å². The number of hydrogen-bond donors (Lipinski definition) is 1. The summed E-state index contributed by atoms with van der Waals surface area (Å²) in [6.45, 7) is 0. The summed E-state index contributed by atoms with van der Waals surface area (Å²) >= 11 is 7.90. The molecule has 7 heteroatoms. The number of nitrogens with one attached hydrogen (secondary N) is 1. The first-order valence-corrected chi connectivity index (χ1v) is 8.48. The summed E-state index contributed by atoms with van der Waals surface area (Å²) in [6.07, 6.45) is 1.77. The summed E-state index contributed by atoms with van der Waals surface area (Å²) in [5.41, 5.74) is 3.96. The van der Waals surface area contributed by atoms with Gasteiger partial charge in [-0.15, -0.1) is 0 Å². The minimum Gasteiger partial charge on any atom is -0.267 e. The van der Waals surface area contributed by atoms with E-state index in [9.17, 15) is 9.59 Å². The van der Waals surface area contributed by atoms with Crippen molar-refractivity contribution < 1.29 is 9.59 Å². The lowest BCUT2D eigenvalue weighted by atomic mass is 10.2. The molecule has 22 heavy (non-hydrogen) atoms. The Morgan fingerprint density at radius 3 is 2.68 bits per heavy atom. The van der Waals surface area contributed by atoms with Crippen molar-refractivity contribution in [3.8, 4) is 0 Å². The van der Waals surface area contributed by atoms with Crippen LogP contribution in [0, 0.1) is 0 Å². The molecule has 0 saturated carbocycles. The maximum Gasteiger partial charge on any atom is 0.285 e. The standard InChI is InChI=1S/C15H10N2O2S3/c18-13(11-4-2-1-3-5-11)16-17-14(19)12(22-15(17)20)8-10-6-7-21-9-10/h1-9H,(H,16,18)/b12-8+. The Morgan fingerprint density at radius 1 is 1.23 bits per heavy atom. The summed E-state index contributed by atoms with van der Waals surface area (Å²) in [6, 6.07) is 10.6. The van der Waals surface area contributed by atoms with E-state index in [4.69, 9.17) is 12.2 Å². The lowest BCUT2D eigenvalue weighted by Crippen LogP contribution is -2.44. The molecule has 1 aliphatic rings. The molecule has 1 aromatic carbocycles. The fourth-order valence-electron chi connectivity index (χ4n) is 1.83. The van der Waals surface area contributed by atoms with Crippen molar-refractivity contribution in [3.63, 3.8) is 0 Å². The van der Waals surface area contributed by atoms with E-state index in [0.717, 1.165) is 10.6 Å². The van der Waals surface area contributed by atoms with Gasteiger partial charge in [0.15, 0.2) is 4.32 Å². The van der Waals surface area contributed by atoms with Gasteiger partial charge in [-0.2, -0.15) is 16.3 Å². The predicted molar refractivity (Wildman–Crippen MR) is 93.2 cm³/mol. The number of thiophene rings is 1. The summed E-state index contributed by atoms with van der Waals surface area (Å²) in [5, 5.41) is 4.99. The number of rotatable bonds is 3. The molecule has 0 atom stereocenters. The zero-order valence-corrected chi connectivity index (χ0v) is 13.6. The van der Waals surface area contributed by atoms with Crippen LogP contribution in [0.15, 0.2) is 52.1 Å². The van der Waals surface area contributed by atoms with Gasteiger partial charge in [-0.3, -0.25) is 15.0 Å². The first kappa shape index (κ1) is 15.0. The number of benzene rings is 1. The highest BCUT2D eigenvalue weighted by atomic mass is 32.2. The Kier molecular flexibility index (Phi) is 4.37. The van der Waals surface area contributed by atoms with Crippen LogP contribution in [0.5, 0.6) is 0 Å². The maximum absolute atomic E-state index is 12.3. The van der Waals surface area contributed by atoms with E-state index >= 15 is 0 Å². The summed E-state index contributed by atoms with van der Waals surface area (Å²) in [7, 11) is 0. The number of nitrogens with zero attached hydrogens (tertiary/aromatic N) is 1. The molecule has 4 nitrogen and oxygen atoms in total. The van der Waals surface area contributed by atoms with E-state index in [-0.39, 0.29) is 11.8 Å². The average Bonchev–Trinajstić information content (AvgIpc) is 3.12. The number of amides is 2. The SMILES string of the molecule is O=C(NN1C(=O)/C(=C\c2ccsc2)SC1=S)c1ccccc1. The number of carbonyl (C=O) groups excluding carboxylic acids is 2. The van der Waals surface area contributed by atoms with Gasteiger partial charge in [0.1, 0.15) is 0 Å². The molecular formula is C15H10N2O2S3. The smallest absolute Gasteiger partial charge is 0.267 e. The van der Waals surface area contributed by atoms with Crippen molar-refractivity contribution >= 4 is 57.5 Å². The highest BCUT2D eigenvalue weighted by molar-refractivity contribution is 8.26. The zero-order chi connectivity index (χ0) is 15.5. The van der Waals surface area contributed by atoms with Crippen LogP contribution >= 0.6 is 35.3 Å². The van der Waals surface area contributed by atoms with Crippen LogP contribution < -0.4 is 5.43 Å². The van der Waals surface area contributed by atoms with Crippen molar-refractivity contribution in [1.29, 1.82) is 0 Å². The summed E-state index contributed by atoms with van der Waals surface area (Å²) in [5.74, 6) is -0.681. The van der Waals surface area contributed by atoms with Gasteiger partial charge in [0.2, 0.25) is 0 Å². The van der Waals surface area contributed by atoms with Crippen LogP contribution in [0.2, 0.25) is 0 Å². The molecule has 1 fully saturated rings. The van der Waals surface area contributed by atoms with Crippen molar-refractivity contribution in [1.82, 2.24) is 10.4 Å². The third-order valence-corrected chi connectivity index (χ3v) is 4.89.